The number of aromatic hydroxyl groups is 1. The lowest BCUT2D eigenvalue weighted by Gasteiger charge is -2.12. The number of aromatic nitrogens is 2. The van der Waals surface area contributed by atoms with Gasteiger partial charge in [0.2, 0.25) is 5.88 Å². The predicted molar refractivity (Wildman–Crippen MR) is 124 cm³/mol. The minimum absolute atomic E-state index is 0.0991. The van der Waals surface area contributed by atoms with Crippen LogP contribution in [0.2, 0.25) is 4.34 Å². The van der Waals surface area contributed by atoms with Crippen molar-refractivity contribution in [2.24, 2.45) is 0 Å². The highest BCUT2D eigenvalue weighted by molar-refractivity contribution is 7.92. The highest BCUT2D eigenvalue weighted by atomic mass is 35.5. The number of amides is 2. The first-order valence-electron chi connectivity index (χ1n) is 9.16. The van der Waals surface area contributed by atoms with Crippen LogP contribution in [0.1, 0.15) is 0 Å². The molecular weight excluding hydrogens is 492 g/mol. The Morgan fingerprint density at radius 1 is 1.18 bits per heavy atom. The molecule has 4 rings (SSSR count). The van der Waals surface area contributed by atoms with Crippen LogP contribution in [0.25, 0.3) is 16.6 Å². The van der Waals surface area contributed by atoms with Gasteiger partial charge in [-0.2, -0.15) is 0 Å². The number of nitrogens with zero attached hydrogens (tertiary/aromatic N) is 2. The van der Waals surface area contributed by atoms with E-state index in [1.165, 1.54) is 43.6 Å². The molecule has 170 valence electrons. The summed E-state index contributed by atoms with van der Waals surface area (Å²) in [4.78, 5) is 28.8. The summed E-state index contributed by atoms with van der Waals surface area (Å²) in [6.07, 6.45) is 1.22. The molecule has 0 aliphatic carbocycles. The van der Waals surface area contributed by atoms with Gasteiger partial charge in [-0.3, -0.25) is 4.79 Å². The van der Waals surface area contributed by atoms with Crippen LogP contribution in [0, 0.1) is 0 Å². The van der Waals surface area contributed by atoms with Gasteiger partial charge in [0.25, 0.3) is 15.6 Å². The van der Waals surface area contributed by atoms with Gasteiger partial charge in [0.15, 0.2) is 0 Å². The number of anilines is 1. The number of hydrogen-bond acceptors (Lipinski definition) is 8. The van der Waals surface area contributed by atoms with Crippen LogP contribution in [-0.2, 0) is 10.0 Å². The van der Waals surface area contributed by atoms with Crippen molar-refractivity contribution in [1.29, 1.82) is 0 Å². The van der Waals surface area contributed by atoms with Crippen LogP contribution < -0.4 is 20.3 Å². The number of benzene rings is 1. The fraction of sp³-hybridized carbons (Fsp3) is 0.0500. The standard InChI is InChI=1S/C20H15ClN4O6S2/c1-31-13-3-4-14-11(8-13)9-17(26)25(19(14)27)16-6-2-12(10-22-16)23-20(28)24-33(29,30)18-7-5-15(21)32-18/h2-10,27H,1H3,(H2,23,24,28). The maximum absolute atomic E-state index is 12.6. The second kappa shape index (κ2) is 8.73. The summed E-state index contributed by atoms with van der Waals surface area (Å²) >= 11 is 6.54. The minimum Gasteiger partial charge on any atom is -0.497 e. The highest BCUT2D eigenvalue weighted by Crippen LogP contribution is 2.28. The number of nitrogens with one attached hydrogen (secondary N) is 2. The largest absolute Gasteiger partial charge is 0.497 e. The number of fused-ring (bicyclic) bond motifs is 1. The van der Waals surface area contributed by atoms with Crippen molar-refractivity contribution in [3.63, 3.8) is 0 Å². The van der Waals surface area contributed by atoms with Gasteiger partial charge in [0, 0.05) is 11.5 Å². The Kier molecular flexibility index (Phi) is 5.97. The van der Waals surface area contributed by atoms with Crippen LogP contribution in [0.3, 0.4) is 0 Å². The highest BCUT2D eigenvalue weighted by Gasteiger charge is 2.20. The average molecular weight is 507 g/mol. The lowest BCUT2D eigenvalue weighted by Crippen LogP contribution is -2.34. The lowest BCUT2D eigenvalue weighted by atomic mass is 10.1. The van der Waals surface area contributed by atoms with E-state index in [4.69, 9.17) is 16.3 Å². The molecule has 0 bridgehead atoms. The van der Waals surface area contributed by atoms with E-state index >= 15 is 0 Å². The first-order chi connectivity index (χ1) is 15.7. The van der Waals surface area contributed by atoms with Crippen molar-refractivity contribution >= 4 is 55.5 Å². The quantitative estimate of drug-likeness (QED) is 0.377. The Hall–Kier alpha value is -3.61. The molecule has 33 heavy (non-hydrogen) atoms. The van der Waals surface area contributed by atoms with Crippen molar-refractivity contribution in [2.75, 3.05) is 12.4 Å². The van der Waals surface area contributed by atoms with Gasteiger partial charge in [-0.15, -0.1) is 11.3 Å². The van der Waals surface area contributed by atoms with Crippen LogP contribution in [0.15, 0.2) is 63.7 Å². The van der Waals surface area contributed by atoms with Gasteiger partial charge < -0.3 is 15.2 Å². The molecular formula is C20H15ClN4O6S2. The van der Waals surface area contributed by atoms with E-state index < -0.39 is 21.6 Å². The van der Waals surface area contributed by atoms with Gasteiger partial charge in [0.05, 0.1) is 23.3 Å². The third-order valence-corrected chi connectivity index (χ3v) is 7.54. The number of ether oxygens (including phenoxy) is 1. The molecule has 1 aromatic carbocycles. The molecule has 0 fully saturated rings. The van der Waals surface area contributed by atoms with Crippen molar-refractivity contribution in [3.8, 4) is 17.4 Å². The fourth-order valence-electron chi connectivity index (χ4n) is 3.00. The number of halogens is 1. The van der Waals surface area contributed by atoms with Crippen molar-refractivity contribution in [2.45, 2.75) is 4.21 Å². The number of urea groups is 1. The summed E-state index contributed by atoms with van der Waals surface area (Å²) in [6, 6.07) is 10.7. The predicted octanol–water partition coefficient (Wildman–Crippen LogP) is 3.33. The zero-order chi connectivity index (χ0) is 23.8. The van der Waals surface area contributed by atoms with E-state index in [0.717, 1.165) is 15.9 Å². The normalized spacial score (nSPS) is 11.3. The van der Waals surface area contributed by atoms with Gasteiger partial charge in [-0.05, 0) is 47.9 Å². The van der Waals surface area contributed by atoms with Crippen LogP contribution in [0.4, 0.5) is 10.5 Å². The number of pyridine rings is 2. The number of hydrogen-bond donors (Lipinski definition) is 3. The van der Waals surface area contributed by atoms with Crippen LogP contribution in [-0.4, -0.2) is 36.2 Å². The number of thiophene rings is 1. The molecule has 0 radical (unpaired) electrons. The van der Waals surface area contributed by atoms with Gasteiger partial charge in [-0.1, -0.05) is 11.6 Å². The van der Waals surface area contributed by atoms with E-state index in [1.807, 2.05) is 4.72 Å². The third kappa shape index (κ3) is 4.62. The van der Waals surface area contributed by atoms with E-state index in [9.17, 15) is 23.1 Å². The maximum atomic E-state index is 12.6. The Morgan fingerprint density at radius 3 is 2.61 bits per heavy atom. The van der Waals surface area contributed by atoms with Crippen molar-refractivity contribution in [3.05, 3.63) is 69.4 Å². The summed E-state index contributed by atoms with van der Waals surface area (Å²) in [5, 5.41) is 13.9. The third-order valence-electron chi connectivity index (χ3n) is 4.49. The second-order valence-corrected chi connectivity index (χ2v) is 10.2. The molecule has 3 heterocycles. The van der Waals surface area contributed by atoms with E-state index in [-0.39, 0.29) is 25.9 Å². The Balaban J connectivity index is 1.55. The van der Waals surface area contributed by atoms with Crippen molar-refractivity contribution < 1.29 is 23.1 Å². The van der Waals surface area contributed by atoms with Gasteiger partial charge in [0.1, 0.15) is 15.8 Å². The van der Waals surface area contributed by atoms with Crippen LogP contribution in [0.5, 0.6) is 11.6 Å². The molecule has 10 nitrogen and oxygen atoms in total. The molecule has 0 saturated carbocycles. The molecule has 13 heteroatoms. The van der Waals surface area contributed by atoms with Gasteiger partial charge in [-0.25, -0.2) is 27.5 Å². The average Bonchev–Trinajstić information content (AvgIpc) is 3.21. The molecule has 3 N–H and O–H groups in total. The Bertz CT molecular complexity index is 1530. The smallest absolute Gasteiger partial charge is 0.333 e. The first kappa shape index (κ1) is 22.6. The summed E-state index contributed by atoms with van der Waals surface area (Å²) in [6.45, 7) is 0. The zero-order valence-electron chi connectivity index (χ0n) is 16.8. The molecule has 0 aliphatic heterocycles. The molecule has 0 unspecified atom stereocenters. The van der Waals surface area contributed by atoms with Crippen LogP contribution >= 0.6 is 22.9 Å². The summed E-state index contributed by atoms with van der Waals surface area (Å²) in [5.74, 6) is 0.323. The second-order valence-electron chi connectivity index (χ2n) is 6.62. The lowest BCUT2D eigenvalue weighted by molar-refractivity contribution is 0.256. The summed E-state index contributed by atoms with van der Waals surface area (Å²) < 4.78 is 32.6. The van der Waals surface area contributed by atoms with Gasteiger partial charge >= 0.3 is 6.03 Å². The molecule has 0 spiro atoms. The topological polar surface area (TPSA) is 140 Å². The summed E-state index contributed by atoms with van der Waals surface area (Å²) in [7, 11) is -2.59. The molecule has 2 amide bonds. The Morgan fingerprint density at radius 2 is 1.97 bits per heavy atom. The number of methoxy groups -OCH3 is 1. The van der Waals surface area contributed by atoms with E-state index in [0.29, 0.717) is 16.5 Å². The number of sulfonamides is 1. The SMILES string of the molecule is COc1ccc2c(O)n(-c3ccc(NC(=O)NS(=O)(=O)c4ccc(Cl)s4)cn3)c(=O)cc2c1. The molecule has 0 atom stereocenters. The molecule has 0 saturated heterocycles. The minimum atomic E-state index is -4.08. The maximum Gasteiger partial charge on any atom is 0.333 e. The first-order valence-corrected chi connectivity index (χ1v) is 11.8. The van der Waals surface area contributed by atoms with E-state index in [1.54, 1.807) is 18.2 Å². The summed E-state index contributed by atoms with van der Waals surface area (Å²) in [5.41, 5.74) is -0.367. The monoisotopic (exact) mass is 506 g/mol. The Labute approximate surface area is 196 Å². The zero-order valence-corrected chi connectivity index (χ0v) is 19.2. The van der Waals surface area contributed by atoms with Crippen molar-refractivity contribution in [1.82, 2.24) is 14.3 Å². The molecule has 0 aliphatic rings. The number of carbonyl (C=O) groups excluding carboxylic acids is 1. The fourth-order valence-corrected chi connectivity index (χ4v) is 5.39. The number of rotatable bonds is 5. The molecule has 4 aromatic rings. The van der Waals surface area contributed by atoms with E-state index in [2.05, 4.69) is 10.3 Å². The molecule has 3 aromatic heterocycles. The number of carbonyl (C=O) groups is 1.